The predicted molar refractivity (Wildman–Crippen MR) is 83.5 cm³/mol. The number of hydrogen-bond acceptors (Lipinski definition) is 6. The van der Waals surface area contributed by atoms with Gasteiger partial charge in [-0.3, -0.25) is 4.90 Å². The van der Waals surface area contributed by atoms with Crippen molar-refractivity contribution in [2.75, 3.05) is 18.0 Å². The first-order chi connectivity index (χ1) is 11.5. The van der Waals surface area contributed by atoms with Gasteiger partial charge in [-0.05, 0) is 19.1 Å². The van der Waals surface area contributed by atoms with Gasteiger partial charge in [-0.15, -0.1) is 0 Å². The molecule has 1 N–H and O–H groups in total. The van der Waals surface area contributed by atoms with Gasteiger partial charge >= 0.3 is 6.09 Å². The van der Waals surface area contributed by atoms with Crippen LogP contribution in [0, 0.1) is 11.6 Å². The maximum Gasteiger partial charge on any atom is 0.414 e. The zero-order valence-electron chi connectivity index (χ0n) is 12.5. The molecular formula is C14H12F2N4O3S. The van der Waals surface area contributed by atoms with Crippen molar-refractivity contribution in [1.82, 2.24) is 15.5 Å². The van der Waals surface area contributed by atoms with Gasteiger partial charge in [0.25, 0.3) is 5.89 Å². The molecule has 1 amide bonds. The van der Waals surface area contributed by atoms with Crippen LogP contribution in [0.3, 0.4) is 0 Å². The van der Waals surface area contributed by atoms with Crippen molar-refractivity contribution in [3.8, 4) is 11.5 Å². The summed E-state index contributed by atoms with van der Waals surface area (Å²) in [5.74, 6) is -2.11. The van der Waals surface area contributed by atoms with Crippen molar-refractivity contribution < 1.29 is 22.8 Å². The number of aromatic nitrogens is 2. The molecule has 24 heavy (non-hydrogen) atoms. The van der Waals surface area contributed by atoms with Crippen LogP contribution < -0.4 is 10.2 Å². The number of ether oxygens (including phenoxy) is 1. The van der Waals surface area contributed by atoms with Crippen molar-refractivity contribution in [3.63, 3.8) is 0 Å². The maximum atomic E-state index is 14.2. The SMILES string of the molecule is CC(=S)NCC1CN(c2cc(F)c(-c3ncno3)c(F)c2)C(=O)O1. The van der Waals surface area contributed by atoms with E-state index >= 15 is 0 Å². The Labute approximate surface area is 140 Å². The molecule has 2 aromatic rings. The summed E-state index contributed by atoms with van der Waals surface area (Å²) in [7, 11) is 0. The Bertz CT molecular complexity index is 761. The first kappa shape index (κ1) is 16.2. The van der Waals surface area contributed by atoms with E-state index in [0.717, 1.165) is 23.4 Å². The molecule has 3 rings (SSSR count). The van der Waals surface area contributed by atoms with E-state index in [1.165, 1.54) is 0 Å². The third kappa shape index (κ3) is 3.18. The molecule has 1 aromatic heterocycles. The molecule has 10 heteroatoms. The van der Waals surface area contributed by atoms with Crippen molar-refractivity contribution in [1.29, 1.82) is 0 Å². The van der Waals surface area contributed by atoms with Gasteiger partial charge in [0.15, 0.2) is 6.33 Å². The fraction of sp³-hybridized carbons (Fsp3) is 0.286. The van der Waals surface area contributed by atoms with Crippen molar-refractivity contribution in [2.24, 2.45) is 0 Å². The predicted octanol–water partition coefficient (Wildman–Crippen LogP) is 2.28. The molecule has 0 bridgehead atoms. The summed E-state index contributed by atoms with van der Waals surface area (Å²) in [5.41, 5.74) is -0.404. The lowest BCUT2D eigenvalue weighted by Crippen LogP contribution is -2.32. The summed E-state index contributed by atoms with van der Waals surface area (Å²) in [5, 5.41) is 6.20. The quantitative estimate of drug-likeness (QED) is 0.844. The zero-order chi connectivity index (χ0) is 17.3. The van der Waals surface area contributed by atoms with Gasteiger partial charge in [-0.1, -0.05) is 17.4 Å². The zero-order valence-corrected chi connectivity index (χ0v) is 13.3. The van der Waals surface area contributed by atoms with E-state index in [1.54, 1.807) is 6.92 Å². The number of thiocarbonyl (C=S) groups is 1. The average Bonchev–Trinajstić information content (AvgIpc) is 3.14. The van der Waals surface area contributed by atoms with Crippen LogP contribution in [0.2, 0.25) is 0 Å². The van der Waals surface area contributed by atoms with Crippen LogP contribution in [-0.2, 0) is 4.74 Å². The Balaban J connectivity index is 1.83. The largest absolute Gasteiger partial charge is 0.442 e. The molecule has 1 aliphatic heterocycles. The summed E-state index contributed by atoms with van der Waals surface area (Å²) in [6, 6.07) is 2.04. The first-order valence-electron chi connectivity index (χ1n) is 6.94. The Morgan fingerprint density at radius 1 is 1.46 bits per heavy atom. The van der Waals surface area contributed by atoms with Gasteiger partial charge in [-0.25, -0.2) is 13.6 Å². The number of anilines is 1. The lowest BCUT2D eigenvalue weighted by Gasteiger charge is -2.14. The Morgan fingerprint density at radius 2 is 2.17 bits per heavy atom. The normalized spacial score (nSPS) is 17.0. The lowest BCUT2D eigenvalue weighted by molar-refractivity contribution is 0.143. The molecule has 1 unspecified atom stereocenters. The lowest BCUT2D eigenvalue weighted by atomic mass is 10.1. The van der Waals surface area contributed by atoms with Crippen LogP contribution in [0.1, 0.15) is 6.92 Å². The van der Waals surface area contributed by atoms with Crippen LogP contribution in [0.25, 0.3) is 11.5 Å². The molecule has 1 aliphatic rings. The van der Waals surface area contributed by atoms with Crippen molar-refractivity contribution >= 4 is 29.0 Å². The summed E-state index contributed by atoms with van der Waals surface area (Å²) < 4.78 is 38.3. The minimum Gasteiger partial charge on any atom is -0.442 e. The van der Waals surface area contributed by atoms with Gasteiger partial charge in [-0.2, -0.15) is 4.98 Å². The molecule has 126 valence electrons. The minimum absolute atomic E-state index is 0.0415. The van der Waals surface area contributed by atoms with E-state index in [-0.39, 0.29) is 18.1 Å². The molecule has 1 atom stereocenters. The van der Waals surface area contributed by atoms with E-state index in [9.17, 15) is 13.6 Å². The van der Waals surface area contributed by atoms with Gasteiger partial charge in [0.2, 0.25) is 0 Å². The fourth-order valence-corrected chi connectivity index (χ4v) is 2.38. The second kappa shape index (κ2) is 6.48. The van der Waals surface area contributed by atoms with Gasteiger partial charge in [0.1, 0.15) is 23.3 Å². The maximum absolute atomic E-state index is 14.2. The minimum atomic E-state index is -0.918. The number of amides is 1. The third-order valence-corrected chi connectivity index (χ3v) is 3.51. The number of cyclic esters (lactones) is 1. The van der Waals surface area contributed by atoms with Crippen LogP contribution in [-0.4, -0.2) is 40.4 Å². The number of nitrogens with zero attached hydrogens (tertiary/aromatic N) is 3. The molecule has 2 heterocycles. The van der Waals surface area contributed by atoms with Gasteiger partial charge in [0.05, 0.1) is 23.8 Å². The number of nitrogens with one attached hydrogen (secondary N) is 1. The third-order valence-electron chi connectivity index (χ3n) is 3.37. The van der Waals surface area contributed by atoms with Gasteiger partial charge < -0.3 is 14.6 Å². The van der Waals surface area contributed by atoms with Crippen LogP contribution in [0.15, 0.2) is 23.0 Å². The highest BCUT2D eigenvalue weighted by atomic mass is 32.1. The van der Waals surface area contributed by atoms with Crippen LogP contribution >= 0.6 is 12.2 Å². The van der Waals surface area contributed by atoms with E-state index in [2.05, 4.69) is 20.0 Å². The molecule has 0 aliphatic carbocycles. The molecular weight excluding hydrogens is 342 g/mol. The molecule has 1 saturated heterocycles. The van der Waals surface area contributed by atoms with E-state index in [4.69, 9.17) is 17.0 Å². The van der Waals surface area contributed by atoms with Gasteiger partial charge in [0, 0.05) is 0 Å². The number of benzene rings is 1. The number of carbonyl (C=O) groups excluding carboxylic acids is 1. The summed E-state index contributed by atoms with van der Waals surface area (Å²) in [6.07, 6.45) is -0.124. The highest BCUT2D eigenvalue weighted by molar-refractivity contribution is 7.80. The molecule has 0 spiro atoms. The smallest absolute Gasteiger partial charge is 0.414 e. The Hall–Kier alpha value is -2.62. The first-order valence-corrected chi connectivity index (χ1v) is 7.35. The topological polar surface area (TPSA) is 80.5 Å². The molecule has 7 nitrogen and oxygen atoms in total. The summed E-state index contributed by atoms with van der Waals surface area (Å²) in [6.45, 7) is 2.17. The number of carbonyl (C=O) groups is 1. The summed E-state index contributed by atoms with van der Waals surface area (Å²) >= 11 is 4.89. The van der Waals surface area contributed by atoms with E-state index < -0.39 is 29.4 Å². The monoisotopic (exact) mass is 354 g/mol. The van der Waals surface area contributed by atoms with Crippen molar-refractivity contribution in [3.05, 3.63) is 30.1 Å². The van der Waals surface area contributed by atoms with E-state index in [0.29, 0.717) is 11.5 Å². The second-order valence-corrected chi connectivity index (χ2v) is 5.70. The van der Waals surface area contributed by atoms with Crippen molar-refractivity contribution in [2.45, 2.75) is 13.0 Å². The molecule has 0 saturated carbocycles. The second-order valence-electron chi connectivity index (χ2n) is 5.08. The molecule has 1 fully saturated rings. The summed E-state index contributed by atoms with van der Waals surface area (Å²) in [4.78, 5) is 17.3. The van der Waals surface area contributed by atoms with Crippen LogP contribution in [0.4, 0.5) is 19.3 Å². The highest BCUT2D eigenvalue weighted by Gasteiger charge is 2.33. The van der Waals surface area contributed by atoms with E-state index in [1.807, 2.05) is 0 Å². The standard InChI is InChI=1S/C14H12F2N4O3S/c1-7(24)17-4-9-5-20(14(21)22-9)8-2-10(15)12(11(16)3-8)13-18-6-19-23-13/h2-3,6,9H,4-5H2,1H3,(H,17,24). The number of rotatable bonds is 4. The highest BCUT2D eigenvalue weighted by Crippen LogP contribution is 2.30. The Kier molecular flexibility index (Phi) is 4.38. The number of halogens is 2. The molecule has 0 radical (unpaired) electrons. The number of hydrogen-bond donors (Lipinski definition) is 1. The fourth-order valence-electron chi connectivity index (χ4n) is 2.30. The molecule has 1 aromatic carbocycles. The Morgan fingerprint density at radius 3 is 2.75 bits per heavy atom. The van der Waals surface area contributed by atoms with Crippen LogP contribution in [0.5, 0.6) is 0 Å². The average molecular weight is 354 g/mol.